The summed E-state index contributed by atoms with van der Waals surface area (Å²) in [6.07, 6.45) is -4.19. The highest BCUT2D eigenvalue weighted by atomic mass is 16.4. The van der Waals surface area contributed by atoms with Crippen molar-refractivity contribution in [2.45, 2.75) is 17.9 Å². The summed E-state index contributed by atoms with van der Waals surface area (Å²) in [7, 11) is 0. The van der Waals surface area contributed by atoms with Gasteiger partial charge in [-0.05, 0) is 0 Å². The molecular weight excluding hydrogens is 198 g/mol. The molecule has 0 amide bonds. The minimum absolute atomic E-state index is 0.979. The Morgan fingerprint density at radius 3 is 2.07 bits per heavy atom. The Balaban J connectivity index is 4.76. The molecular formula is C6H11NO7. The number of hydrogen-bond donors (Lipinski definition) is 6. The molecule has 0 saturated carbocycles. The van der Waals surface area contributed by atoms with Crippen LogP contribution < -0.4 is 5.73 Å². The standard InChI is InChI=1S/C6H11NO7/c7-6(14,4(11)5(12)13)3(10)2(9)1-8/h2-3,8-10,14H,1,7H2,(H,12,13)/t2-,3-,6+/m1/s1. The van der Waals surface area contributed by atoms with E-state index in [1.807, 2.05) is 0 Å². The molecule has 0 heterocycles. The molecule has 8 heteroatoms. The van der Waals surface area contributed by atoms with Gasteiger partial charge in [-0.3, -0.25) is 10.5 Å². The highest BCUT2D eigenvalue weighted by Gasteiger charge is 2.46. The SMILES string of the molecule is N[C@@](O)(C(=O)C(=O)O)[C@H](O)[C@H](O)CO. The Kier molecular flexibility index (Phi) is 4.10. The number of carboxylic acids is 1. The van der Waals surface area contributed by atoms with E-state index in [0.717, 1.165) is 0 Å². The zero-order valence-electron chi connectivity index (χ0n) is 6.99. The molecule has 0 unspecified atom stereocenters. The first kappa shape index (κ1) is 12.9. The predicted octanol–water partition coefficient (Wildman–Crippen LogP) is -4.00. The van der Waals surface area contributed by atoms with Crippen LogP contribution in [0.3, 0.4) is 0 Å². The van der Waals surface area contributed by atoms with Gasteiger partial charge in [0, 0.05) is 0 Å². The molecule has 82 valence electrons. The summed E-state index contributed by atoms with van der Waals surface area (Å²) in [4.78, 5) is 20.8. The fraction of sp³-hybridized carbons (Fsp3) is 0.667. The molecule has 8 nitrogen and oxygen atoms in total. The van der Waals surface area contributed by atoms with Crippen LogP contribution in [0.4, 0.5) is 0 Å². The number of aliphatic hydroxyl groups excluding tert-OH is 3. The third-order valence-electron chi connectivity index (χ3n) is 1.56. The summed E-state index contributed by atoms with van der Waals surface area (Å²) in [5.41, 5.74) is 1.65. The largest absolute Gasteiger partial charge is 0.475 e. The van der Waals surface area contributed by atoms with Gasteiger partial charge < -0.3 is 25.5 Å². The summed E-state index contributed by atoms with van der Waals surface area (Å²) < 4.78 is 0. The lowest BCUT2D eigenvalue weighted by molar-refractivity contribution is -0.174. The van der Waals surface area contributed by atoms with Crippen molar-refractivity contribution < 1.29 is 35.1 Å². The molecule has 0 rings (SSSR count). The minimum atomic E-state index is -3.13. The van der Waals surface area contributed by atoms with Crippen molar-refractivity contribution in [1.82, 2.24) is 0 Å². The lowest BCUT2D eigenvalue weighted by Gasteiger charge is -2.27. The molecule has 0 aliphatic heterocycles. The molecule has 0 aliphatic rings. The van der Waals surface area contributed by atoms with E-state index in [0.29, 0.717) is 0 Å². The predicted molar refractivity (Wildman–Crippen MR) is 40.9 cm³/mol. The molecule has 14 heavy (non-hydrogen) atoms. The normalized spacial score (nSPS) is 19.5. The average Bonchev–Trinajstić information content (AvgIpc) is 2.13. The van der Waals surface area contributed by atoms with E-state index in [1.165, 1.54) is 0 Å². The van der Waals surface area contributed by atoms with Crippen molar-refractivity contribution in [2.75, 3.05) is 6.61 Å². The molecule has 7 N–H and O–H groups in total. The van der Waals surface area contributed by atoms with Crippen molar-refractivity contribution in [3.8, 4) is 0 Å². The number of hydrogen-bond acceptors (Lipinski definition) is 7. The number of carbonyl (C=O) groups is 2. The van der Waals surface area contributed by atoms with E-state index in [2.05, 4.69) is 0 Å². The van der Waals surface area contributed by atoms with Crippen molar-refractivity contribution in [1.29, 1.82) is 0 Å². The summed E-state index contributed by atoms with van der Waals surface area (Å²) in [5.74, 6) is -3.93. The second kappa shape index (κ2) is 4.44. The molecule has 0 radical (unpaired) electrons. The molecule has 0 fully saturated rings. The maximum atomic E-state index is 10.7. The molecule has 0 aromatic rings. The van der Waals surface area contributed by atoms with Gasteiger partial charge in [-0.1, -0.05) is 0 Å². The maximum Gasteiger partial charge on any atom is 0.376 e. The first-order chi connectivity index (χ1) is 6.25. The van der Waals surface area contributed by atoms with Crippen LogP contribution in [0, 0.1) is 0 Å². The summed E-state index contributed by atoms with van der Waals surface area (Å²) in [6.45, 7) is -0.979. The highest BCUT2D eigenvalue weighted by Crippen LogP contribution is 2.09. The fourth-order valence-corrected chi connectivity index (χ4v) is 0.699. The van der Waals surface area contributed by atoms with Gasteiger partial charge >= 0.3 is 5.97 Å². The van der Waals surface area contributed by atoms with E-state index >= 15 is 0 Å². The van der Waals surface area contributed by atoms with Gasteiger partial charge in [-0.15, -0.1) is 0 Å². The van der Waals surface area contributed by atoms with Gasteiger partial charge in [0.1, 0.15) is 12.2 Å². The smallest absolute Gasteiger partial charge is 0.376 e. The van der Waals surface area contributed by atoms with Crippen LogP contribution in [0.25, 0.3) is 0 Å². The Hall–Kier alpha value is -1.06. The molecule has 0 bridgehead atoms. The van der Waals surface area contributed by atoms with Crippen LogP contribution in [0.5, 0.6) is 0 Å². The summed E-state index contributed by atoms with van der Waals surface area (Å²) in [5, 5.41) is 43.4. The van der Waals surface area contributed by atoms with Crippen molar-refractivity contribution in [2.24, 2.45) is 5.73 Å². The summed E-state index contributed by atoms with van der Waals surface area (Å²) >= 11 is 0. The molecule has 0 aliphatic carbocycles. The number of carbonyl (C=O) groups excluding carboxylic acids is 1. The fourth-order valence-electron chi connectivity index (χ4n) is 0.699. The average molecular weight is 209 g/mol. The van der Waals surface area contributed by atoms with Gasteiger partial charge in [0.15, 0.2) is 0 Å². The molecule has 0 spiro atoms. The maximum absolute atomic E-state index is 10.7. The molecule has 0 aromatic heterocycles. The van der Waals surface area contributed by atoms with E-state index in [1.54, 1.807) is 0 Å². The van der Waals surface area contributed by atoms with Crippen LogP contribution in [-0.2, 0) is 9.59 Å². The van der Waals surface area contributed by atoms with Gasteiger partial charge in [0.05, 0.1) is 6.61 Å². The van der Waals surface area contributed by atoms with Gasteiger partial charge in [0.25, 0.3) is 5.78 Å². The Bertz CT molecular complexity index is 238. The Morgan fingerprint density at radius 2 is 1.79 bits per heavy atom. The van der Waals surface area contributed by atoms with Crippen molar-refractivity contribution in [3.63, 3.8) is 0 Å². The van der Waals surface area contributed by atoms with Crippen LogP contribution in [0.2, 0.25) is 0 Å². The van der Waals surface area contributed by atoms with Crippen molar-refractivity contribution in [3.05, 3.63) is 0 Å². The monoisotopic (exact) mass is 209 g/mol. The second-order valence-corrected chi connectivity index (χ2v) is 2.65. The number of aliphatic hydroxyl groups is 4. The molecule has 3 atom stereocenters. The molecule has 0 aromatic carbocycles. The summed E-state index contributed by atoms with van der Waals surface area (Å²) in [6, 6.07) is 0. The first-order valence-corrected chi connectivity index (χ1v) is 3.51. The lowest BCUT2D eigenvalue weighted by atomic mass is 9.98. The van der Waals surface area contributed by atoms with E-state index in [4.69, 9.17) is 31.3 Å². The number of nitrogens with two attached hydrogens (primary N) is 1. The Morgan fingerprint density at radius 1 is 1.36 bits per heavy atom. The lowest BCUT2D eigenvalue weighted by Crippen LogP contribution is -2.63. The van der Waals surface area contributed by atoms with Gasteiger partial charge in [0.2, 0.25) is 5.72 Å². The topological polar surface area (TPSA) is 161 Å². The quantitative estimate of drug-likeness (QED) is 0.197. The van der Waals surface area contributed by atoms with E-state index < -0.39 is 36.3 Å². The van der Waals surface area contributed by atoms with Gasteiger partial charge in [-0.25, -0.2) is 4.79 Å². The third kappa shape index (κ3) is 2.47. The van der Waals surface area contributed by atoms with Gasteiger partial charge in [-0.2, -0.15) is 0 Å². The zero-order chi connectivity index (χ0) is 11.5. The highest BCUT2D eigenvalue weighted by molar-refractivity contribution is 6.36. The molecule has 0 saturated heterocycles. The number of aliphatic carboxylic acids is 1. The first-order valence-electron chi connectivity index (χ1n) is 3.51. The van der Waals surface area contributed by atoms with Crippen LogP contribution >= 0.6 is 0 Å². The van der Waals surface area contributed by atoms with E-state index in [9.17, 15) is 9.59 Å². The van der Waals surface area contributed by atoms with Crippen LogP contribution in [-0.4, -0.2) is 61.8 Å². The zero-order valence-corrected chi connectivity index (χ0v) is 6.99. The van der Waals surface area contributed by atoms with Crippen LogP contribution in [0.1, 0.15) is 0 Å². The van der Waals surface area contributed by atoms with Crippen LogP contribution in [0.15, 0.2) is 0 Å². The Labute approximate surface area is 78.2 Å². The number of carboxylic acid groups (broad SMARTS) is 1. The van der Waals surface area contributed by atoms with E-state index in [-0.39, 0.29) is 0 Å². The minimum Gasteiger partial charge on any atom is -0.475 e. The third-order valence-corrected chi connectivity index (χ3v) is 1.56. The number of rotatable bonds is 5. The van der Waals surface area contributed by atoms with Crippen molar-refractivity contribution >= 4 is 11.8 Å². The number of Topliss-reactive ketones (excluding diaryl/α,β-unsaturated/α-hetero) is 1. The second-order valence-electron chi connectivity index (χ2n) is 2.65. The number of ketones is 1.